The SMILES string of the molecule is COc1nc(OC(F)(F)F)cc(Br)c1C(F)F. The molecule has 0 amide bonds. The minimum atomic E-state index is -4.95. The van der Waals surface area contributed by atoms with Crippen LogP contribution in [-0.4, -0.2) is 18.5 Å². The van der Waals surface area contributed by atoms with Gasteiger partial charge in [0.15, 0.2) is 0 Å². The normalized spacial score (nSPS) is 11.8. The van der Waals surface area contributed by atoms with Gasteiger partial charge in [-0.05, 0) is 15.9 Å². The van der Waals surface area contributed by atoms with Crippen molar-refractivity contribution in [2.45, 2.75) is 12.8 Å². The first-order valence-corrected chi connectivity index (χ1v) is 4.82. The molecule has 0 N–H and O–H groups in total. The van der Waals surface area contributed by atoms with E-state index in [9.17, 15) is 22.0 Å². The third kappa shape index (κ3) is 3.69. The van der Waals surface area contributed by atoms with Crippen molar-refractivity contribution in [3.8, 4) is 11.8 Å². The maximum atomic E-state index is 12.5. The van der Waals surface area contributed by atoms with Gasteiger partial charge in [-0.15, -0.1) is 13.2 Å². The standard InChI is InChI=1S/C8H5BrF5NO2/c1-16-7-5(6(10)11)3(9)2-4(15-7)17-8(12,13)14/h2,6H,1H3. The van der Waals surface area contributed by atoms with E-state index in [1.54, 1.807) is 0 Å². The molecule has 1 heterocycles. The molecule has 9 heteroatoms. The minimum absolute atomic E-state index is 0.279. The molecule has 0 aliphatic rings. The van der Waals surface area contributed by atoms with Gasteiger partial charge in [0.1, 0.15) is 0 Å². The van der Waals surface area contributed by atoms with Crippen LogP contribution in [0.1, 0.15) is 12.0 Å². The molecule has 0 saturated heterocycles. The highest BCUT2D eigenvalue weighted by Crippen LogP contribution is 2.37. The molecule has 1 rings (SSSR count). The van der Waals surface area contributed by atoms with E-state index >= 15 is 0 Å². The largest absolute Gasteiger partial charge is 0.574 e. The molecular formula is C8H5BrF5NO2. The van der Waals surface area contributed by atoms with Crippen LogP contribution in [0.15, 0.2) is 10.5 Å². The lowest BCUT2D eigenvalue weighted by molar-refractivity contribution is -0.276. The maximum Gasteiger partial charge on any atom is 0.574 e. The molecule has 0 aliphatic carbocycles. The Morgan fingerprint density at radius 1 is 1.35 bits per heavy atom. The first kappa shape index (κ1) is 13.9. The second-order valence-electron chi connectivity index (χ2n) is 2.71. The third-order valence-corrected chi connectivity index (χ3v) is 2.24. The molecule has 0 bridgehead atoms. The number of alkyl halides is 5. The lowest BCUT2D eigenvalue weighted by Crippen LogP contribution is -2.18. The van der Waals surface area contributed by atoms with Crippen molar-refractivity contribution in [1.29, 1.82) is 0 Å². The maximum absolute atomic E-state index is 12.5. The summed E-state index contributed by atoms with van der Waals surface area (Å²) in [6.07, 6.45) is -7.89. The fraction of sp³-hybridized carbons (Fsp3) is 0.375. The zero-order valence-corrected chi connectivity index (χ0v) is 9.77. The van der Waals surface area contributed by atoms with Crippen LogP contribution in [0.3, 0.4) is 0 Å². The lowest BCUT2D eigenvalue weighted by atomic mass is 10.3. The summed E-state index contributed by atoms with van der Waals surface area (Å²) < 4.78 is 68.5. The van der Waals surface area contributed by atoms with Crippen molar-refractivity contribution in [3.05, 3.63) is 16.1 Å². The lowest BCUT2D eigenvalue weighted by Gasteiger charge is -2.12. The van der Waals surface area contributed by atoms with Crippen LogP contribution in [0.2, 0.25) is 0 Å². The number of pyridine rings is 1. The molecule has 0 aromatic carbocycles. The Kier molecular flexibility index (Phi) is 4.12. The Labute approximate surface area is 101 Å². The van der Waals surface area contributed by atoms with Crippen LogP contribution in [-0.2, 0) is 0 Å². The quantitative estimate of drug-likeness (QED) is 0.796. The Bertz CT molecular complexity index is 410. The summed E-state index contributed by atoms with van der Waals surface area (Å²) in [6.45, 7) is 0. The molecule has 0 spiro atoms. The van der Waals surface area contributed by atoms with Crippen molar-refractivity contribution in [2.75, 3.05) is 7.11 Å². The molecule has 3 nitrogen and oxygen atoms in total. The van der Waals surface area contributed by atoms with Gasteiger partial charge >= 0.3 is 6.36 Å². The zero-order valence-electron chi connectivity index (χ0n) is 8.19. The summed E-state index contributed by atoms with van der Waals surface area (Å²) in [4.78, 5) is 3.18. The van der Waals surface area contributed by atoms with Gasteiger partial charge in [-0.2, -0.15) is 4.98 Å². The zero-order chi connectivity index (χ0) is 13.2. The molecule has 0 saturated carbocycles. The summed E-state index contributed by atoms with van der Waals surface area (Å²) in [5.41, 5.74) is -0.637. The summed E-state index contributed by atoms with van der Waals surface area (Å²) >= 11 is 2.70. The van der Waals surface area contributed by atoms with Gasteiger partial charge in [0, 0.05) is 10.5 Å². The topological polar surface area (TPSA) is 31.4 Å². The van der Waals surface area contributed by atoms with Gasteiger partial charge in [0.05, 0.1) is 12.7 Å². The Morgan fingerprint density at radius 3 is 2.35 bits per heavy atom. The third-order valence-electron chi connectivity index (χ3n) is 1.58. The number of rotatable bonds is 3. The first-order chi connectivity index (χ1) is 7.74. The van der Waals surface area contributed by atoms with Crippen molar-refractivity contribution in [2.24, 2.45) is 0 Å². The van der Waals surface area contributed by atoms with Gasteiger partial charge in [-0.25, -0.2) is 8.78 Å². The van der Waals surface area contributed by atoms with E-state index in [1.165, 1.54) is 0 Å². The molecule has 96 valence electrons. The molecule has 1 aromatic rings. The highest BCUT2D eigenvalue weighted by Gasteiger charge is 2.33. The number of halogens is 6. The molecule has 1 aromatic heterocycles. The molecule has 0 aliphatic heterocycles. The number of methoxy groups -OCH3 is 1. The van der Waals surface area contributed by atoms with E-state index in [0.29, 0.717) is 6.07 Å². The van der Waals surface area contributed by atoms with Gasteiger partial charge < -0.3 is 9.47 Å². The summed E-state index contributed by atoms with van der Waals surface area (Å²) in [6, 6.07) is 0.692. The average molecular weight is 322 g/mol. The fourth-order valence-corrected chi connectivity index (χ4v) is 1.54. The van der Waals surface area contributed by atoms with Gasteiger partial charge in [0.25, 0.3) is 6.43 Å². The second-order valence-corrected chi connectivity index (χ2v) is 3.57. The fourth-order valence-electron chi connectivity index (χ4n) is 1.00. The monoisotopic (exact) mass is 321 g/mol. The summed E-state index contributed by atoms with van der Waals surface area (Å²) in [7, 11) is 1.01. The number of hydrogen-bond donors (Lipinski definition) is 0. The summed E-state index contributed by atoms with van der Waals surface area (Å²) in [5, 5.41) is 0. The van der Waals surface area contributed by atoms with E-state index in [-0.39, 0.29) is 4.47 Å². The summed E-state index contributed by atoms with van der Waals surface area (Å²) in [5.74, 6) is -1.51. The van der Waals surface area contributed by atoms with E-state index in [1.807, 2.05) is 0 Å². The highest BCUT2D eigenvalue weighted by atomic mass is 79.9. The minimum Gasteiger partial charge on any atom is -0.481 e. The van der Waals surface area contributed by atoms with Crippen LogP contribution in [0.5, 0.6) is 11.8 Å². The highest BCUT2D eigenvalue weighted by molar-refractivity contribution is 9.10. The van der Waals surface area contributed by atoms with Crippen LogP contribution >= 0.6 is 15.9 Å². The molecule has 0 unspecified atom stereocenters. The molecule has 17 heavy (non-hydrogen) atoms. The predicted molar refractivity (Wildman–Crippen MR) is 50.1 cm³/mol. The Morgan fingerprint density at radius 2 is 1.94 bits per heavy atom. The number of ether oxygens (including phenoxy) is 2. The second kappa shape index (κ2) is 5.03. The van der Waals surface area contributed by atoms with Gasteiger partial charge in [-0.3, -0.25) is 0 Å². The van der Waals surface area contributed by atoms with Crippen LogP contribution in [0.4, 0.5) is 22.0 Å². The van der Waals surface area contributed by atoms with Crippen molar-refractivity contribution in [1.82, 2.24) is 4.98 Å². The number of hydrogen-bond acceptors (Lipinski definition) is 3. The molecule has 0 fully saturated rings. The van der Waals surface area contributed by atoms with Crippen molar-refractivity contribution in [3.63, 3.8) is 0 Å². The predicted octanol–water partition coefficient (Wildman–Crippen LogP) is 3.69. The van der Waals surface area contributed by atoms with Crippen molar-refractivity contribution >= 4 is 15.9 Å². The van der Waals surface area contributed by atoms with Crippen LogP contribution < -0.4 is 9.47 Å². The smallest absolute Gasteiger partial charge is 0.481 e. The van der Waals surface area contributed by atoms with Gasteiger partial charge in [0.2, 0.25) is 11.8 Å². The molecule has 0 atom stereocenters. The average Bonchev–Trinajstić information content (AvgIpc) is 2.12. The Hall–Kier alpha value is -1.12. The van der Waals surface area contributed by atoms with E-state index in [0.717, 1.165) is 7.11 Å². The van der Waals surface area contributed by atoms with Crippen LogP contribution in [0, 0.1) is 0 Å². The van der Waals surface area contributed by atoms with E-state index in [2.05, 4.69) is 30.4 Å². The van der Waals surface area contributed by atoms with Crippen LogP contribution in [0.25, 0.3) is 0 Å². The van der Waals surface area contributed by atoms with E-state index < -0.39 is 30.1 Å². The molecule has 0 radical (unpaired) electrons. The Balaban J connectivity index is 3.18. The van der Waals surface area contributed by atoms with E-state index in [4.69, 9.17) is 0 Å². The molecular weight excluding hydrogens is 317 g/mol. The number of aromatic nitrogens is 1. The first-order valence-electron chi connectivity index (χ1n) is 4.03. The van der Waals surface area contributed by atoms with Gasteiger partial charge in [-0.1, -0.05) is 0 Å². The number of nitrogens with zero attached hydrogens (tertiary/aromatic N) is 1. The van der Waals surface area contributed by atoms with Crippen molar-refractivity contribution < 1.29 is 31.4 Å².